The van der Waals surface area contributed by atoms with Gasteiger partial charge in [0.15, 0.2) is 5.65 Å². The molecule has 1 aromatic carbocycles. The van der Waals surface area contributed by atoms with E-state index in [0.29, 0.717) is 31.7 Å². The van der Waals surface area contributed by atoms with Crippen LogP contribution in [-0.2, 0) is 14.8 Å². The zero-order chi connectivity index (χ0) is 22.1. The first-order valence-corrected chi connectivity index (χ1v) is 12.5. The summed E-state index contributed by atoms with van der Waals surface area (Å²) < 4.78 is 27.6. The van der Waals surface area contributed by atoms with E-state index in [-0.39, 0.29) is 17.6 Å². The highest BCUT2D eigenvalue weighted by Crippen LogP contribution is 2.27. The summed E-state index contributed by atoms with van der Waals surface area (Å²) in [5.41, 5.74) is 2.38. The number of piperidine rings is 1. The molecule has 2 saturated heterocycles. The Hall–Kier alpha value is -3.20. The van der Waals surface area contributed by atoms with E-state index >= 15 is 0 Å². The molecule has 5 rings (SSSR count). The fourth-order valence-corrected chi connectivity index (χ4v) is 6.01. The first-order valence-electron chi connectivity index (χ1n) is 10.9. The molecule has 9 heteroatoms. The van der Waals surface area contributed by atoms with Gasteiger partial charge in [0, 0.05) is 37.8 Å². The highest BCUT2D eigenvalue weighted by molar-refractivity contribution is 7.93. The van der Waals surface area contributed by atoms with E-state index in [0.717, 1.165) is 29.9 Å². The normalized spacial score (nSPS) is 19.2. The summed E-state index contributed by atoms with van der Waals surface area (Å²) in [6.45, 7) is 1.89. The van der Waals surface area contributed by atoms with Crippen molar-refractivity contribution in [1.29, 1.82) is 0 Å². The summed E-state index contributed by atoms with van der Waals surface area (Å²) in [4.78, 5) is 14.5. The van der Waals surface area contributed by atoms with Gasteiger partial charge < -0.3 is 4.90 Å². The van der Waals surface area contributed by atoms with Crippen molar-refractivity contribution in [2.45, 2.75) is 25.2 Å². The van der Waals surface area contributed by atoms with Gasteiger partial charge in [0.2, 0.25) is 15.9 Å². The SMILES string of the molecule is O=C(/C=C/c1ccc(N2CCCS2(=O)=O)cc1)N1CCC(c2nnc3ccccn23)CC1. The van der Waals surface area contributed by atoms with Gasteiger partial charge in [-0.2, -0.15) is 0 Å². The number of nitrogens with zero attached hydrogens (tertiary/aromatic N) is 5. The number of carbonyl (C=O) groups is 1. The molecule has 0 saturated carbocycles. The molecule has 2 aliphatic heterocycles. The van der Waals surface area contributed by atoms with Gasteiger partial charge in [0.05, 0.1) is 11.4 Å². The average Bonchev–Trinajstić information content (AvgIpc) is 3.40. The quantitative estimate of drug-likeness (QED) is 0.569. The Morgan fingerprint density at radius 1 is 1.00 bits per heavy atom. The van der Waals surface area contributed by atoms with Crippen molar-refractivity contribution in [3.63, 3.8) is 0 Å². The topological polar surface area (TPSA) is 87.9 Å². The number of anilines is 1. The average molecular weight is 452 g/mol. The van der Waals surface area contributed by atoms with Crippen LogP contribution in [0.2, 0.25) is 0 Å². The van der Waals surface area contributed by atoms with Gasteiger partial charge in [-0.05, 0) is 55.2 Å². The first-order chi connectivity index (χ1) is 15.5. The molecule has 1 amide bonds. The third kappa shape index (κ3) is 4.00. The Labute approximate surface area is 187 Å². The molecule has 2 aromatic heterocycles. The van der Waals surface area contributed by atoms with E-state index in [4.69, 9.17) is 0 Å². The maximum absolute atomic E-state index is 12.7. The number of hydrogen-bond donors (Lipinski definition) is 0. The van der Waals surface area contributed by atoms with Crippen LogP contribution >= 0.6 is 0 Å². The molecular formula is C23H25N5O3S. The summed E-state index contributed by atoms with van der Waals surface area (Å²) >= 11 is 0. The molecule has 0 bridgehead atoms. The number of carbonyl (C=O) groups excluding carboxylic acids is 1. The summed E-state index contributed by atoms with van der Waals surface area (Å²) in [5.74, 6) is 1.44. The second-order valence-corrected chi connectivity index (χ2v) is 10.3. The van der Waals surface area contributed by atoms with Crippen molar-refractivity contribution < 1.29 is 13.2 Å². The Balaban J connectivity index is 1.19. The lowest BCUT2D eigenvalue weighted by molar-refractivity contribution is -0.127. The van der Waals surface area contributed by atoms with E-state index in [9.17, 15) is 13.2 Å². The Morgan fingerprint density at radius 2 is 1.78 bits per heavy atom. The van der Waals surface area contributed by atoms with Crippen LogP contribution in [-0.4, -0.2) is 59.2 Å². The van der Waals surface area contributed by atoms with Crippen LogP contribution in [0.3, 0.4) is 0 Å². The molecule has 0 N–H and O–H groups in total. The molecule has 2 aliphatic rings. The molecule has 0 aliphatic carbocycles. The Kier molecular flexibility index (Phi) is 5.42. The first kappa shape index (κ1) is 20.7. The molecule has 4 heterocycles. The van der Waals surface area contributed by atoms with Crippen LogP contribution in [0.15, 0.2) is 54.7 Å². The minimum atomic E-state index is -3.18. The molecule has 0 radical (unpaired) electrons. The second-order valence-electron chi connectivity index (χ2n) is 8.25. The molecule has 2 fully saturated rings. The molecular weight excluding hydrogens is 426 g/mol. The van der Waals surface area contributed by atoms with Gasteiger partial charge in [-0.15, -0.1) is 10.2 Å². The molecule has 166 valence electrons. The van der Waals surface area contributed by atoms with Gasteiger partial charge in [0.25, 0.3) is 0 Å². The third-order valence-corrected chi connectivity index (χ3v) is 8.08. The van der Waals surface area contributed by atoms with Crippen molar-refractivity contribution in [3.8, 4) is 0 Å². The number of aromatic nitrogens is 3. The van der Waals surface area contributed by atoms with Gasteiger partial charge >= 0.3 is 0 Å². The number of amides is 1. The maximum Gasteiger partial charge on any atom is 0.246 e. The van der Waals surface area contributed by atoms with Gasteiger partial charge in [-0.3, -0.25) is 13.5 Å². The van der Waals surface area contributed by atoms with Crippen molar-refractivity contribution in [2.75, 3.05) is 29.7 Å². The lowest BCUT2D eigenvalue weighted by atomic mass is 9.96. The lowest BCUT2D eigenvalue weighted by Gasteiger charge is -2.30. The van der Waals surface area contributed by atoms with Gasteiger partial charge in [-0.25, -0.2) is 8.42 Å². The summed E-state index contributed by atoms with van der Waals surface area (Å²) in [7, 11) is -3.18. The highest BCUT2D eigenvalue weighted by Gasteiger charge is 2.28. The van der Waals surface area contributed by atoms with Crippen LogP contribution in [0.25, 0.3) is 11.7 Å². The molecule has 32 heavy (non-hydrogen) atoms. The number of benzene rings is 1. The number of hydrogen-bond acceptors (Lipinski definition) is 5. The van der Waals surface area contributed by atoms with Crippen molar-refractivity contribution in [1.82, 2.24) is 19.5 Å². The number of pyridine rings is 1. The van der Waals surface area contributed by atoms with E-state index in [1.165, 1.54) is 4.31 Å². The fourth-order valence-electron chi connectivity index (χ4n) is 4.45. The van der Waals surface area contributed by atoms with Crippen LogP contribution in [0.1, 0.15) is 36.6 Å². The zero-order valence-electron chi connectivity index (χ0n) is 17.7. The summed E-state index contributed by atoms with van der Waals surface area (Å²) in [6.07, 6.45) is 7.72. The number of likely N-dealkylation sites (tertiary alicyclic amines) is 1. The monoisotopic (exact) mass is 451 g/mol. The van der Waals surface area contributed by atoms with Crippen LogP contribution in [0.4, 0.5) is 5.69 Å². The van der Waals surface area contributed by atoms with E-state index in [1.807, 2.05) is 45.8 Å². The zero-order valence-corrected chi connectivity index (χ0v) is 18.5. The fraction of sp³-hybridized carbons (Fsp3) is 0.348. The Bertz CT molecular complexity index is 1260. The van der Waals surface area contributed by atoms with Crippen LogP contribution < -0.4 is 4.31 Å². The minimum Gasteiger partial charge on any atom is -0.339 e. The van der Waals surface area contributed by atoms with E-state index < -0.39 is 10.0 Å². The molecule has 0 unspecified atom stereocenters. The van der Waals surface area contributed by atoms with Crippen molar-refractivity contribution in [3.05, 3.63) is 66.1 Å². The molecule has 0 spiro atoms. The highest BCUT2D eigenvalue weighted by atomic mass is 32.2. The second kappa shape index (κ2) is 8.38. The maximum atomic E-state index is 12.7. The van der Waals surface area contributed by atoms with Gasteiger partial charge in [-0.1, -0.05) is 18.2 Å². The summed E-state index contributed by atoms with van der Waals surface area (Å²) in [6, 6.07) is 13.1. The molecule has 0 atom stereocenters. The standard InChI is InChI=1S/C23H25N5O3S/c29-22(10-7-18-5-8-20(9-6-18)28-14-3-17-32(28,30)31)26-15-11-19(12-16-26)23-25-24-21-4-1-2-13-27(21)23/h1-2,4-10,13,19H,3,11-12,14-17H2/b10-7+. The van der Waals surface area contributed by atoms with E-state index in [1.54, 1.807) is 24.3 Å². The largest absolute Gasteiger partial charge is 0.339 e. The van der Waals surface area contributed by atoms with E-state index in [2.05, 4.69) is 10.2 Å². The van der Waals surface area contributed by atoms with Crippen molar-refractivity contribution in [2.24, 2.45) is 0 Å². The predicted octanol–water partition coefficient (Wildman–Crippen LogP) is 2.69. The lowest BCUT2D eigenvalue weighted by Crippen LogP contribution is -2.37. The molecule has 3 aromatic rings. The number of fused-ring (bicyclic) bond motifs is 1. The minimum absolute atomic E-state index is 0.0132. The number of sulfonamides is 1. The summed E-state index contributed by atoms with van der Waals surface area (Å²) in [5, 5.41) is 8.60. The smallest absolute Gasteiger partial charge is 0.246 e. The van der Waals surface area contributed by atoms with Gasteiger partial charge in [0.1, 0.15) is 5.82 Å². The number of rotatable bonds is 4. The Morgan fingerprint density at radius 3 is 2.50 bits per heavy atom. The van der Waals surface area contributed by atoms with Crippen LogP contribution in [0.5, 0.6) is 0 Å². The van der Waals surface area contributed by atoms with Crippen LogP contribution in [0, 0.1) is 0 Å². The predicted molar refractivity (Wildman–Crippen MR) is 123 cm³/mol. The van der Waals surface area contributed by atoms with Crippen molar-refractivity contribution >= 4 is 33.3 Å². The third-order valence-electron chi connectivity index (χ3n) is 6.21. The molecule has 8 nitrogen and oxygen atoms in total.